The first-order valence-corrected chi connectivity index (χ1v) is 7.58. The largest absolute Gasteiger partial charge is 0.456 e. The summed E-state index contributed by atoms with van der Waals surface area (Å²) in [4.78, 5) is 1.11. The van der Waals surface area contributed by atoms with Gasteiger partial charge in [0, 0.05) is 22.0 Å². The Hall–Kier alpha value is -1.16. The minimum absolute atomic E-state index is 0.677. The maximum atomic E-state index is 6.05. The Bertz CT molecular complexity index is 560. The predicted molar refractivity (Wildman–Crippen MR) is 82.5 cm³/mol. The smallest absolute Gasteiger partial charge is 0.140 e. The lowest BCUT2D eigenvalue weighted by Gasteiger charge is -2.13. The van der Waals surface area contributed by atoms with Crippen LogP contribution >= 0.6 is 23.4 Å². The zero-order chi connectivity index (χ0) is 13.7. The topological polar surface area (TPSA) is 21.3 Å². The molecule has 0 unspecified atom stereocenters. The lowest BCUT2D eigenvalue weighted by atomic mass is 10.2. The molecule has 2 aromatic carbocycles. The molecule has 2 aromatic rings. The van der Waals surface area contributed by atoms with Gasteiger partial charge in [-0.1, -0.05) is 29.8 Å². The van der Waals surface area contributed by atoms with Crippen LogP contribution in [-0.2, 0) is 6.54 Å². The van der Waals surface area contributed by atoms with Gasteiger partial charge >= 0.3 is 0 Å². The zero-order valence-electron chi connectivity index (χ0n) is 10.9. The SMILES string of the molecule is CNCc1ccc(Cl)cc1Oc1ccccc1SC. The van der Waals surface area contributed by atoms with E-state index in [1.807, 2.05) is 55.8 Å². The molecule has 19 heavy (non-hydrogen) atoms. The quantitative estimate of drug-likeness (QED) is 0.816. The van der Waals surface area contributed by atoms with Gasteiger partial charge in [0.1, 0.15) is 11.5 Å². The third-order valence-corrected chi connectivity index (χ3v) is 3.70. The third-order valence-electron chi connectivity index (χ3n) is 2.69. The highest BCUT2D eigenvalue weighted by Gasteiger charge is 2.08. The summed E-state index contributed by atoms with van der Waals surface area (Å²) in [5.41, 5.74) is 1.09. The molecule has 0 radical (unpaired) electrons. The molecule has 4 heteroatoms. The lowest BCUT2D eigenvalue weighted by Crippen LogP contribution is -2.06. The summed E-state index contributed by atoms with van der Waals surface area (Å²) in [5.74, 6) is 1.65. The maximum Gasteiger partial charge on any atom is 0.140 e. The minimum atomic E-state index is 0.677. The molecule has 1 N–H and O–H groups in total. The highest BCUT2D eigenvalue weighted by molar-refractivity contribution is 7.98. The Labute approximate surface area is 123 Å². The van der Waals surface area contributed by atoms with Crippen LogP contribution in [0.25, 0.3) is 0 Å². The molecular formula is C15H16ClNOS. The van der Waals surface area contributed by atoms with Crippen molar-refractivity contribution < 1.29 is 4.74 Å². The second kappa shape index (κ2) is 6.85. The lowest BCUT2D eigenvalue weighted by molar-refractivity contribution is 0.463. The normalized spacial score (nSPS) is 10.5. The van der Waals surface area contributed by atoms with Gasteiger partial charge < -0.3 is 10.1 Å². The number of halogens is 1. The van der Waals surface area contributed by atoms with Crippen molar-refractivity contribution in [3.05, 3.63) is 53.1 Å². The molecule has 0 spiro atoms. The van der Waals surface area contributed by atoms with E-state index in [0.717, 1.165) is 28.5 Å². The van der Waals surface area contributed by atoms with Crippen LogP contribution in [0.3, 0.4) is 0 Å². The Balaban J connectivity index is 2.34. The number of thioether (sulfide) groups is 1. The van der Waals surface area contributed by atoms with Crippen molar-refractivity contribution in [3.63, 3.8) is 0 Å². The number of ether oxygens (including phenoxy) is 1. The molecule has 0 fully saturated rings. The molecule has 0 saturated carbocycles. The Kier molecular flexibility index (Phi) is 5.14. The Morgan fingerprint density at radius 1 is 1.16 bits per heavy atom. The van der Waals surface area contributed by atoms with E-state index >= 15 is 0 Å². The van der Waals surface area contributed by atoms with Crippen molar-refractivity contribution in [1.82, 2.24) is 5.32 Å². The Morgan fingerprint density at radius 2 is 1.95 bits per heavy atom. The second-order valence-corrected chi connectivity index (χ2v) is 5.32. The van der Waals surface area contributed by atoms with E-state index in [4.69, 9.17) is 16.3 Å². The van der Waals surface area contributed by atoms with E-state index in [2.05, 4.69) is 5.32 Å². The molecule has 0 aliphatic carbocycles. The highest BCUT2D eigenvalue weighted by atomic mass is 35.5. The van der Waals surface area contributed by atoms with Gasteiger partial charge in [-0.15, -0.1) is 11.8 Å². The number of nitrogens with one attached hydrogen (secondary N) is 1. The van der Waals surface area contributed by atoms with Gasteiger partial charge in [0.2, 0.25) is 0 Å². The monoisotopic (exact) mass is 293 g/mol. The average Bonchev–Trinajstić information content (AvgIpc) is 2.42. The van der Waals surface area contributed by atoms with Gasteiger partial charge in [0.05, 0.1) is 0 Å². The molecule has 0 saturated heterocycles. The van der Waals surface area contributed by atoms with E-state index in [-0.39, 0.29) is 0 Å². The van der Waals surface area contributed by atoms with Gasteiger partial charge in [-0.3, -0.25) is 0 Å². The third kappa shape index (κ3) is 3.66. The van der Waals surface area contributed by atoms with Crippen molar-refractivity contribution in [3.8, 4) is 11.5 Å². The number of benzene rings is 2. The summed E-state index contributed by atoms with van der Waals surface area (Å²) in [6.45, 7) is 0.744. The summed E-state index contributed by atoms with van der Waals surface area (Å²) in [5, 5.41) is 3.81. The number of hydrogen-bond donors (Lipinski definition) is 1. The fourth-order valence-electron chi connectivity index (χ4n) is 1.78. The molecule has 0 aliphatic rings. The molecular weight excluding hydrogens is 278 g/mol. The first-order valence-electron chi connectivity index (χ1n) is 5.98. The van der Waals surface area contributed by atoms with Crippen LogP contribution in [0.1, 0.15) is 5.56 Å². The number of rotatable bonds is 5. The number of para-hydroxylation sites is 1. The van der Waals surface area contributed by atoms with Crippen LogP contribution in [0.5, 0.6) is 11.5 Å². The van der Waals surface area contributed by atoms with Crippen molar-refractivity contribution in [2.75, 3.05) is 13.3 Å². The first-order chi connectivity index (χ1) is 9.24. The van der Waals surface area contributed by atoms with Gasteiger partial charge in [-0.2, -0.15) is 0 Å². The van der Waals surface area contributed by atoms with Crippen molar-refractivity contribution in [2.45, 2.75) is 11.4 Å². The highest BCUT2D eigenvalue weighted by Crippen LogP contribution is 2.34. The van der Waals surface area contributed by atoms with Crippen molar-refractivity contribution in [1.29, 1.82) is 0 Å². The van der Waals surface area contributed by atoms with Gasteiger partial charge in [-0.05, 0) is 37.6 Å². The van der Waals surface area contributed by atoms with E-state index in [9.17, 15) is 0 Å². The minimum Gasteiger partial charge on any atom is -0.456 e. The van der Waals surface area contributed by atoms with Gasteiger partial charge in [0.25, 0.3) is 0 Å². The summed E-state index contributed by atoms with van der Waals surface area (Å²) in [7, 11) is 1.91. The van der Waals surface area contributed by atoms with Crippen molar-refractivity contribution in [2.24, 2.45) is 0 Å². The zero-order valence-corrected chi connectivity index (χ0v) is 12.5. The van der Waals surface area contributed by atoms with Crippen LogP contribution in [0.15, 0.2) is 47.4 Å². The molecule has 0 heterocycles. The van der Waals surface area contributed by atoms with Crippen molar-refractivity contribution >= 4 is 23.4 Å². The summed E-state index contributed by atoms with van der Waals surface area (Å²) < 4.78 is 6.02. The predicted octanol–water partition coefficient (Wildman–Crippen LogP) is 4.57. The Morgan fingerprint density at radius 3 is 2.68 bits per heavy atom. The van der Waals surface area contributed by atoms with Crippen LogP contribution in [0.2, 0.25) is 5.02 Å². The van der Waals surface area contributed by atoms with E-state index < -0.39 is 0 Å². The fourth-order valence-corrected chi connectivity index (χ4v) is 2.47. The number of hydrogen-bond acceptors (Lipinski definition) is 3. The standard InChI is InChI=1S/C15H16ClNOS/c1-17-10-11-7-8-12(16)9-14(11)18-13-5-3-4-6-15(13)19-2/h3-9,17H,10H2,1-2H3. The molecule has 2 nitrogen and oxygen atoms in total. The second-order valence-electron chi connectivity index (χ2n) is 4.04. The summed E-state index contributed by atoms with van der Waals surface area (Å²) in [6, 6.07) is 13.7. The van der Waals surface area contributed by atoms with Crippen LogP contribution in [0, 0.1) is 0 Å². The molecule has 0 aliphatic heterocycles. The van der Waals surface area contributed by atoms with E-state index in [1.165, 1.54) is 0 Å². The fraction of sp³-hybridized carbons (Fsp3) is 0.200. The summed E-state index contributed by atoms with van der Waals surface area (Å²) in [6.07, 6.45) is 2.04. The van der Waals surface area contributed by atoms with Crippen LogP contribution in [-0.4, -0.2) is 13.3 Å². The molecule has 2 rings (SSSR count). The molecule has 0 atom stereocenters. The first kappa shape index (κ1) is 14.3. The van der Waals surface area contributed by atoms with Gasteiger partial charge in [0.15, 0.2) is 0 Å². The maximum absolute atomic E-state index is 6.05. The van der Waals surface area contributed by atoms with Crippen LogP contribution < -0.4 is 10.1 Å². The molecule has 0 aromatic heterocycles. The van der Waals surface area contributed by atoms with Gasteiger partial charge in [-0.25, -0.2) is 0 Å². The molecule has 0 amide bonds. The summed E-state index contributed by atoms with van der Waals surface area (Å²) >= 11 is 7.72. The average molecular weight is 294 g/mol. The van der Waals surface area contributed by atoms with Crippen LogP contribution in [0.4, 0.5) is 0 Å². The molecule has 0 bridgehead atoms. The molecule has 100 valence electrons. The van der Waals surface area contributed by atoms with E-state index in [1.54, 1.807) is 11.8 Å². The van der Waals surface area contributed by atoms with E-state index in [0.29, 0.717) is 5.02 Å².